The number of hydrogen-bond acceptors (Lipinski definition) is 4. The molecule has 3 N–H and O–H groups in total. The van der Waals surface area contributed by atoms with E-state index >= 15 is 0 Å². The molecule has 0 saturated heterocycles. The molecule has 0 bridgehead atoms. The second-order valence-corrected chi connectivity index (χ2v) is 6.90. The van der Waals surface area contributed by atoms with Crippen LogP contribution in [0.1, 0.15) is 10.4 Å². The molecule has 112 valence electrons. The molecule has 1 aromatic rings. The van der Waals surface area contributed by atoms with Crippen molar-refractivity contribution in [3.63, 3.8) is 0 Å². The van der Waals surface area contributed by atoms with Crippen LogP contribution in [0.25, 0.3) is 0 Å². The molecule has 0 fully saturated rings. The molecule has 10 heteroatoms. The van der Waals surface area contributed by atoms with Gasteiger partial charge in [0.1, 0.15) is 16.3 Å². The number of sulfonamides is 1. The maximum atomic E-state index is 13.8. The Morgan fingerprint density at radius 3 is 2.50 bits per heavy atom. The van der Waals surface area contributed by atoms with Gasteiger partial charge in [0, 0.05) is 29.4 Å². The van der Waals surface area contributed by atoms with E-state index in [1.54, 1.807) is 0 Å². The van der Waals surface area contributed by atoms with Gasteiger partial charge in [0.25, 0.3) is 5.91 Å². The van der Waals surface area contributed by atoms with Gasteiger partial charge in [-0.25, -0.2) is 22.3 Å². The molecule has 1 unspecified atom stereocenters. The van der Waals surface area contributed by atoms with E-state index in [-0.39, 0.29) is 12.3 Å². The number of primary sulfonamides is 1. The fourth-order valence-corrected chi connectivity index (χ4v) is 2.36. The SMILES string of the molecule is CS(=O)CCNC(=O)c1c(F)ccc(S(N)(=O)=O)c1F. The molecule has 20 heavy (non-hydrogen) atoms. The molecule has 1 atom stereocenters. The van der Waals surface area contributed by atoms with Gasteiger partial charge in [-0.2, -0.15) is 0 Å². The highest BCUT2D eigenvalue weighted by Crippen LogP contribution is 2.19. The number of hydrogen-bond donors (Lipinski definition) is 2. The van der Waals surface area contributed by atoms with Crippen molar-refractivity contribution >= 4 is 26.7 Å². The van der Waals surface area contributed by atoms with Crippen LogP contribution in [0.2, 0.25) is 0 Å². The molecule has 6 nitrogen and oxygen atoms in total. The highest BCUT2D eigenvalue weighted by Gasteiger charge is 2.24. The lowest BCUT2D eigenvalue weighted by Crippen LogP contribution is -2.30. The van der Waals surface area contributed by atoms with Crippen LogP contribution in [-0.2, 0) is 20.8 Å². The van der Waals surface area contributed by atoms with E-state index in [4.69, 9.17) is 5.14 Å². The van der Waals surface area contributed by atoms with E-state index in [0.717, 1.165) is 0 Å². The van der Waals surface area contributed by atoms with Gasteiger partial charge >= 0.3 is 0 Å². The molecule has 1 aromatic carbocycles. The summed E-state index contributed by atoms with van der Waals surface area (Å²) in [6.45, 7) is -0.0690. The molecule has 0 radical (unpaired) electrons. The van der Waals surface area contributed by atoms with Crippen molar-refractivity contribution in [2.24, 2.45) is 5.14 Å². The number of rotatable bonds is 5. The van der Waals surface area contributed by atoms with Crippen LogP contribution in [0.3, 0.4) is 0 Å². The minimum Gasteiger partial charge on any atom is -0.351 e. The van der Waals surface area contributed by atoms with E-state index in [0.29, 0.717) is 12.1 Å². The van der Waals surface area contributed by atoms with Crippen LogP contribution in [-0.4, -0.2) is 37.1 Å². The molecular weight excluding hydrogens is 314 g/mol. The van der Waals surface area contributed by atoms with E-state index < -0.39 is 48.8 Å². The van der Waals surface area contributed by atoms with E-state index in [9.17, 15) is 26.2 Å². The summed E-state index contributed by atoms with van der Waals surface area (Å²) in [5, 5.41) is 6.90. The zero-order chi connectivity index (χ0) is 15.5. The largest absolute Gasteiger partial charge is 0.351 e. The van der Waals surface area contributed by atoms with Crippen molar-refractivity contribution < 1.29 is 26.2 Å². The summed E-state index contributed by atoms with van der Waals surface area (Å²) in [7, 11) is -5.60. The van der Waals surface area contributed by atoms with Crippen LogP contribution in [0.15, 0.2) is 17.0 Å². The first-order chi connectivity index (χ1) is 9.14. The Labute approximate surface area is 116 Å². The normalized spacial score (nSPS) is 13.0. The third kappa shape index (κ3) is 4.05. The van der Waals surface area contributed by atoms with Crippen molar-refractivity contribution in [2.75, 3.05) is 18.6 Å². The highest BCUT2D eigenvalue weighted by molar-refractivity contribution is 7.89. The molecule has 0 saturated carbocycles. The Hall–Kier alpha value is -1.39. The quantitative estimate of drug-likeness (QED) is 0.776. The van der Waals surface area contributed by atoms with E-state index in [2.05, 4.69) is 5.32 Å². The summed E-state index contributed by atoms with van der Waals surface area (Å²) in [6, 6.07) is 1.27. The second kappa shape index (κ2) is 6.37. The average Bonchev–Trinajstić information content (AvgIpc) is 2.26. The molecule has 1 amide bonds. The standard InChI is InChI=1S/C10H12F2N2O4S2/c1-19(16)5-4-14-10(15)8-6(11)2-3-7(9(8)12)20(13,17)18/h2-3H,4-5H2,1H3,(H,14,15)(H2,13,17,18). The Morgan fingerprint density at radius 1 is 1.40 bits per heavy atom. The number of nitrogens with one attached hydrogen (secondary N) is 1. The van der Waals surface area contributed by atoms with Crippen LogP contribution >= 0.6 is 0 Å². The Bertz CT molecular complexity index is 661. The number of carbonyl (C=O) groups excluding carboxylic acids is 1. The van der Waals surface area contributed by atoms with Crippen LogP contribution in [0.4, 0.5) is 8.78 Å². The second-order valence-electron chi connectivity index (χ2n) is 3.81. The predicted octanol–water partition coefficient (Wildman–Crippen LogP) is -0.279. The van der Waals surface area contributed by atoms with Crippen molar-refractivity contribution in [1.82, 2.24) is 5.32 Å². The summed E-state index contributed by atoms with van der Waals surface area (Å²) >= 11 is 0. The van der Waals surface area contributed by atoms with Crippen LogP contribution in [0, 0.1) is 11.6 Å². The Kier molecular flexibility index (Phi) is 5.31. The molecule has 1 rings (SSSR count). The number of amides is 1. The molecular formula is C10H12F2N2O4S2. The molecule has 0 aliphatic rings. The van der Waals surface area contributed by atoms with Gasteiger partial charge in [0.05, 0.1) is 0 Å². The van der Waals surface area contributed by atoms with Gasteiger partial charge in [-0.15, -0.1) is 0 Å². The van der Waals surface area contributed by atoms with Gasteiger partial charge in [0.2, 0.25) is 10.0 Å². The van der Waals surface area contributed by atoms with Crippen molar-refractivity contribution in [2.45, 2.75) is 4.90 Å². The zero-order valence-corrected chi connectivity index (χ0v) is 12.0. The molecule has 0 aliphatic carbocycles. The number of benzene rings is 1. The van der Waals surface area contributed by atoms with Gasteiger partial charge in [-0.1, -0.05) is 0 Å². The van der Waals surface area contributed by atoms with Gasteiger partial charge in [-0.3, -0.25) is 9.00 Å². The fraction of sp³-hybridized carbons (Fsp3) is 0.300. The summed E-state index contributed by atoms with van der Waals surface area (Å²) in [5.74, 6) is -3.81. The first-order valence-electron chi connectivity index (χ1n) is 5.23. The lowest BCUT2D eigenvalue weighted by atomic mass is 10.2. The summed E-state index contributed by atoms with van der Waals surface area (Å²) in [6.07, 6.45) is 1.40. The summed E-state index contributed by atoms with van der Waals surface area (Å²) in [4.78, 5) is 10.7. The molecule has 0 spiro atoms. The number of nitrogens with two attached hydrogens (primary N) is 1. The van der Waals surface area contributed by atoms with E-state index in [1.807, 2.05) is 0 Å². The van der Waals surface area contributed by atoms with Gasteiger partial charge in [0.15, 0.2) is 5.82 Å². The highest BCUT2D eigenvalue weighted by atomic mass is 32.2. The van der Waals surface area contributed by atoms with Crippen LogP contribution in [0.5, 0.6) is 0 Å². The molecule has 0 aliphatic heterocycles. The Morgan fingerprint density at radius 2 is 2.00 bits per heavy atom. The van der Waals surface area contributed by atoms with Crippen molar-refractivity contribution in [3.05, 3.63) is 29.3 Å². The smallest absolute Gasteiger partial charge is 0.257 e. The number of carbonyl (C=O) groups is 1. The van der Waals surface area contributed by atoms with Crippen molar-refractivity contribution in [1.29, 1.82) is 0 Å². The number of halogens is 2. The lowest BCUT2D eigenvalue weighted by Gasteiger charge is -2.08. The zero-order valence-electron chi connectivity index (χ0n) is 10.4. The molecule has 0 heterocycles. The van der Waals surface area contributed by atoms with Crippen molar-refractivity contribution in [3.8, 4) is 0 Å². The van der Waals surface area contributed by atoms with Gasteiger partial charge in [-0.05, 0) is 12.1 Å². The summed E-state index contributed by atoms with van der Waals surface area (Å²) in [5.41, 5.74) is -1.04. The predicted molar refractivity (Wildman–Crippen MR) is 69.0 cm³/mol. The Balaban J connectivity index is 3.11. The first-order valence-corrected chi connectivity index (χ1v) is 8.51. The topological polar surface area (TPSA) is 106 Å². The monoisotopic (exact) mass is 326 g/mol. The minimum absolute atomic E-state index is 0.0690. The van der Waals surface area contributed by atoms with Gasteiger partial charge < -0.3 is 5.32 Å². The van der Waals surface area contributed by atoms with Crippen LogP contribution < -0.4 is 10.5 Å². The minimum atomic E-state index is -4.41. The van der Waals surface area contributed by atoms with E-state index in [1.165, 1.54) is 6.26 Å². The first kappa shape index (κ1) is 16.7. The third-order valence-corrected chi connectivity index (χ3v) is 3.97. The maximum Gasteiger partial charge on any atom is 0.257 e. The maximum absolute atomic E-state index is 13.8. The fourth-order valence-electron chi connectivity index (χ4n) is 1.36. The third-order valence-electron chi connectivity index (χ3n) is 2.26. The average molecular weight is 326 g/mol. The molecule has 0 aromatic heterocycles. The lowest BCUT2D eigenvalue weighted by molar-refractivity contribution is 0.0947. The summed E-state index contributed by atoms with van der Waals surface area (Å²) < 4.78 is 60.3.